The number of aliphatic carboxylic acids is 1. The fraction of sp³-hybridized carbons (Fsp3) is 0.263. The van der Waals surface area contributed by atoms with Crippen molar-refractivity contribution in [1.29, 1.82) is 0 Å². The molecule has 2 rings (SSSR count). The molecule has 1 heterocycles. The molecule has 4 nitrogen and oxygen atoms in total. The van der Waals surface area contributed by atoms with Gasteiger partial charge in [-0.05, 0) is 35.6 Å². The lowest BCUT2D eigenvalue weighted by molar-refractivity contribution is -0.141. The van der Waals surface area contributed by atoms with E-state index in [1.165, 1.54) is 16.2 Å². The van der Waals surface area contributed by atoms with Gasteiger partial charge in [-0.1, -0.05) is 50.3 Å². The maximum Gasteiger partial charge on any atom is 0.326 e. The number of carbonyl (C=O) groups is 1. The molecular formula is C19H21NO3. The van der Waals surface area contributed by atoms with Crippen molar-refractivity contribution < 1.29 is 9.90 Å². The van der Waals surface area contributed by atoms with Crippen LogP contribution >= 0.6 is 0 Å². The molecular weight excluding hydrogens is 290 g/mol. The van der Waals surface area contributed by atoms with Gasteiger partial charge in [0, 0.05) is 12.3 Å². The third-order valence-corrected chi connectivity index (χ3v) is 3.84. The van der Waals surface area contributed by atoms with Crippen molar-refractivity contribution in [1.82, 2.24) is 4.57 Å². The number of hydrogen-bond donors (Lipinski definition) is 1. The molecule has 1 unspecified atom stereocenters. The first-order valence-electron chi connectivity index (χ1n) is 7.77. The van der Waals surface area contributed by atoms with Crippen LogP contribution in [0.5, 0.6) is 0 Å². The number of hydrogen-bond acceptors (Lipinski definition) is 2. The minimum absolute atomic E-state index is 0.303. The van der Waals surface area contributed by atoms with Gasteiger partial charge in [0.1, 0.15) is 6.04 Å². The van der Waals surface area contributed by atoms with E-state index in [4.69, 9.17) is 5.11 Å². The van der Waals surface area contributed by atoms with Gasteiger partial charge in [-0.2, -0.15) is 0 Å². The van der Waals surface area contributed by atoms with Gasteiger partial charge in [-0.25, -0.2) is 4.79 Å². The molecule has 0 saturated heterocycles. The molecule has 0 fully saturated rings. The van der Waals surface area contributed by atoms with Crippen LogP contribution in [0.2, 0.25) is 0 Å². The van der Waals surface area contributed by atoms with E-state index in [0.29, 0.717) is 6.42 Å². The number of carboxylic acid groups (broad SMARTS) is 1. The maximum atomic E-state index is 12.1. The highest BCUT2D eigenvalue weighted by atomic mass is 16.4. The molecule has 1 atom stereocenters. The molecule has 120 valence electrons. The van der Waals surface area contributed by atoms with Crippen molar-refractivity contribution in [2.45, 2.75) is 32.7 Å². The van der Waals surface area contributed by atoms with E-state index < -0.39 is 12.0 Å². The molecule has 1 aromatic carbocycles. The lowest BCUT2D eigenvalue weighted by Gasteiger charge is -2.13. The second kappa shape index (κ2) is 7.58. The van der Waals surface area contributed by atoms with E-state index in [9.17, 15) is 9.59 Å². The summed E-state index contributed by atoms with van der Waals surface area (Å²) in [5.41, 5.74) is 2.79. The van der Waals surface area contributed by atoms with Gasteiger partial charge >= 0.3 is 5.97 Å². The van der Waals surface area contributed by atoms with Crippen molar-refractivity contribution >= 4 is 18.1 Å². The molecule has 4 heteroatoms. The van der Waals surface area contributed by atoms with Gasteiger partial charge in [0.25, 0.3) is 5.56 Å². The van der Waals surface area contributed by atoms with Gasteiger partial charge < -0.3 is 9.67 Å². The Balaban J connectivity index is 2.21. The van der Waals surface area contributed by atoms with Crippen molar-refractivity contribution in [3.05, 3.63) is 69.6 Å². The Morgan fingerprint density at radius 3 is 2.30 bits per heavy atom. The Hall–Kier alpha value is -2.62. The second-order valence-electron chi connectivity index (χ2n) is 5.40. The van der Waals surface area contributed by atoms with Crippen LogP contribution in [0.4, 0.5) is 0 Å². The van der Waals surface area contributed by atoms with Gasteiger partial charge in [-0.3, -0.25) is 4.79 Å². The molecule has 2 aromatic rings. The second-order valence-corrected chi connectivity index (χ2v) is 5.40. The Morgan fingerprint density at radius 2 is 1.78 bits per heavy atom. The monoisotopic (exact) mass is 311 g/mol. The molecule has 0 amide bonds. The molecule has 23 heavy (non-hydrogen) atoms. The van der Waals surface area contributed by atoms with Crippen LogP contribution in [0, 0.1) is 0 Å². The summed E-state index contributed by atoms with van der Waals surface area (Å²) in [4.78, 5) is 23.3. The Morgan fingerprint density at radius 1 is 1.13 bits per heavy atom. The fourth-order valence-corrected chi connectivity index (χ4v) is 2.41. The molecule has 0 radical (unpaired) electrons. The summed E-state index contributed by atoms with van der Waals surface area (Å²) in [6.45, 7) is 3.86. The van der Waals surface area contributed by atoms with Crippen molar-refractivity contribution in [3.8, 4) is 0 Å². The van der Waals surface area contributed by atoms with Gasteiger partial charge in [0.15, 0.2) is 0 Å². The Bertz CT molecular complexity index is 757. The summed E-state index contributed by atoms with van der Waals surface area (Å²) in [7, 11) is 0. The number of rotatable bonds is 6. The third kappa shape index (κ3) is 4.19. The molecule has 0 saturated carbocycles. The molecule has 1 N–H and O–H groups in total. The Labute approximate surface area is 135 Å². The first-order valence-corrected chi connectivity index (χ1v) is 7.77. The standard InChI is InChI=1S/C19H21NO3/c1-3-14-5-7-15(8-6-14)9-10-16-11-12-20(18(21)13-16)17(4-2)19(22)23/h5-13,17H,3-4H2,1-2H3,(H,22,23)/b10-9+. The first-order chi connectivity index (χ1) is 11.0. The molecule has 0 bridgehead atoms. The van der Waals surface area contributed by atoms with Crippen LogP contribution in [0.15, 0.2) is 47.4 Å². The molecule has 0 aliphatic rings. The van der Waals surface area contributed by atoms with Crippen molar-refractivity contribution in [3.63, 3.8) is 0 Å². The number of benzene rings is 1. The zero-order valence-electron chi connectivity index (χ0n) is 13.4. The minimum Gasteiger partial charge on any atom is -0.480 e. The molecule has 0 aliphatic carbocycles. The zero-order chi connectivity index (χ0) is 16.8. The molecule has 1 aromatic heterocycles. The minimum atomic E-state index is -0.992. The van der Waals surface area contributed by atoms with E-state index in [0.717, 1.165) is 17.5 Å². The average molecular weight is 311 g/mol. The summed E-state index contributed by atoms with van der Waals surface area (Å²) < 4.78 is 1.26. The number of carboxylic acids is 1. The summed E-state index contributed by atoms with van der Waals surface area (Å²) in [6, 6.07) is 10.6. The Kier molecular flexibility index (Phi) is 5.52. The van der Waals surface area contributed by atoms with Crippen LogP contribution in [0.1, 0.15) is 43.0 Å². The summed E-state index contributed by atoms with van der Waals surface area (Å²) >= 11 is 0. The highest BCUT2D eigenvalue weighted by Crippen LogP contribution is 2.12. The van der Waals surface area contributed by atoms with E-state index in [1.54, 1.807) is 19.2 Å². The summed E-state index contributed by atoms with van der Waals surface area (Å²) in [6.07, 6.45) is 6.71. The van der Waals surface area contributed by atoms with Crippen LogP contribution in [0.25, 0.3) is 12.2 Å². The zero-order valence-corrected chi connectivity index (χ0v) is 13.4. The number of pyridine rings is 1. The topological polar surface area (TPSA) is 59.3 Å². The van der Waals surface area contributed by atoms with Crippen LogP contribution in [0.3, 0.4) is 0 Å². The lowest BCUT2D eigenvalue weighted by atomic mass is 10.1. The predicted octanol–water partition coefficient (Wildman–Crippen LogP) is 3.62. The summed E-state index contributed by atoms with van der Waals surface area (Å²) in [5, 5.41) is 9.14. The van der Waals surface area contributed by atoms with E-state index >= 15 is 0 Å². The average Bonchev–Trinajstić information content (AvgIpc) is 2.55. The normalized spacial score (nSPS) is 12.4. The smallest absolute Gasteiger partial charge is 0.326 e. The van der Waals surface area contributed by atoms with Gasteiger partial charge in [0.2, 0.25) is 0 Å². The van der Waals surface area contributed by atoms with Crippen LogP contribution in [-0.4, -0.2) is 15.6 Å². The number of nitrogens with zero attached hydrogens (tertiary/aromatic N) is 1. The van der Waals surface area contributed by atoms with E-state index in [-0.39, 0.29) is 5.56 Å². The number of aryl methyl sites for hydroxylation is 1. The largest absolute Gasteiger partial charge is 0.480 e. The number of aromatic nitrogens is 1. The van der Waals surface area contributed by atoms with Crippen molar-refractivity contribution in [2.24, 2.45) is 0 Å². The SMILES string of the molecule is CCc1ccc(/C=C/c2ccn(C(CC)C(=O)O)c(=O)c2)cc1. The predicted molar refractivity (Wildman–Crippen MR) is 92.4 cm³/mol. The third-order valence-electron chi connectivity index (χ3n) is 3.84. The summed E-state index contributed by atoms with van der Waals surface area (Å²) in [5.74, 6) is -0.992. The maximum absolute atomic E-state index is 12.1. The first kappa shape index (κ1) is 16.7. The van der Waals surface area contributed by atoms with Crippen LogP contribution < -0.4 is 5.56 Å². The quantitative estimate of drug-likeness (QED) is 0.886. The molecule has 0 spiro atoms. The highest BCUT2D eigenvalue weighted by molar-refractivity contribution is 5.72. The van der Waals surface area contributed by atoms with E-state index in [2.05, 4.69) is 19.1 Å². The lowest BCUT2D eigenvalue weighted by Crippen LogP contribution is -2.28. The van der Waals surface area contributed by atoms with Gasteiger partial charge in [-0.15, -0.1) is 0 Å². The van der Waals surface area contributed by atoms with Crippen LogP contribution in [-0.2, 0) is 11.2 Å². The highest BCUT2D eigenvalue weighted by Gasteiger charge is 2.17. The van der Waals surface area contributed by atoms with Gasteiger partial charge in [0.05, 0.1) is 0 Å². The molecule has 0 aliphatic heterocycles. The fourth-order valence-electron chi connectivity index (χ4n) is 2.41. The van der Waals surface area contributed by atoms with E-state index in [1.807, 2.05) is 24.3 Å². The van der Waals surface area contributed by atoms with Crippen molar-refractivity contribution in [2.75, 3.05) is 0 Å².